The predicted octanol–water partition coefficient (Wildman–Crippen LogP) is 1.62. The van der Waals surface area contributed by atoms with Crippen LogP contribution in [0.25, 0.3) is 0 Å². The smallest absolute Gasteiger partial charge is 0.233 e. The van der Waals surface area contributed by atoms with Crippen LogP contribution in [0.4, 0.5) is 0 Å². The van der Waals surface area contributed by atoms with Crippen LogP contribution in [0.3, 0.4) is 0 Å². The molecule has 3 aliphatic carbocycles. The van der Waals surface area contributed by atoms with Gasteiger partial charge in [-0.2, -0.15) is 0 Å². The molecule has 5 rings (SSSR count). The Balaban J connectivity index is 1.23. The standard InChI is InChI=1S/C26H36N2O8/c29-16(12-34-14-17-7-4-10-35-17)13-36-27-20-11-21(30)24(31)22-18(20)8-9-19-23(22)26(33)28(25(19)32)15-5-2-1-3-6-15/h4,7,10,15-16,18-19,21-24,29-31H,1-3,5-6,8-9,11-14H2/b27-20-/t16-,18+,19-,21+,22-,23+,24+/m0/s1. The van der Waals surface area contributed by atoms with Crippen molar-refractivity contribution in [3.8, 4) is 0 Å². The molecule has 1 saturated heterocycles. The van der Waals surface area contributed by atoms with Crippen molar-refractivity contribution in [2.75, 3.05) is 13.2 Å². The van der Waals surface area contributed by atoms with E-state index in [1.807, 2.05) is 0 Å². The Morgan fingerprint density at radius 2 is 1.83 bits per heavy atom. The minimum atomic E-state index is -1.11. The number of hydrogen-bond donors (Lipinski definition) is 3. The number of carbonyl (C=O) groups is 2. The zero-order valence-electron chi connectivity index (χ0n) is 20.4. The second-order valence-electron chi connectivity index (χ2n) is 10.6. The number of hydrogen-bond acceptors (Lipinski definition) is 9. The van der Waals surface area contributed by atoms with Crippen LogP contribution in [0, 0.1) is 23.7 Å². The van der Waals surface area contributed by atoms with Crippen LogP contribution in [-0.4, -0.2) is 75.3 Å². The topological polar surface area (TPSA) is 142 Å². The molecular formula is C26H36N2O8. The van der Waals surface area contributed by atoms with E-state index in [4.69, 9.17) is 14.0 Å². The van der Waals surface area contributed by atoms with Crippen molar-refractivity contribution in [3.63, 3.8) is 0 Å². The maximum Gasteiger partial charge on any atom is 0.233 e. The Morgan fingerprint density at radius 1 is 1.06 bits per heavy atom. The zero-order chi connectivity index (χ0) is 25.2. The number of fused-ring (bicyclic) bond motifs is 3. The monoisotopic (exact) mass is 504 g/mol. The highest BCUT2D eigenvalue weighted by atomic mass is 16.6. The van der Waals surface area contributed by atoms with Gasteiger partial charge in [-0.25, -0.2) is 0 Å². The van der Waals surface area contributed by atoms with E-state index >= 15 is 0 Å². The number of rotatable bonds is 8. The molecule has 0 radical (unpaired) electrons. The third-order valence-corrected chi connectivity index (χ3v) is 8.34. The van der Waals surface area contributed by atoms with Crippen molar-refractivity contribution < 1.29 is 38.9 Å². The minimum Gasteiger partial charge on any atom is -0.467 e. The summed E-state index contributed by atoms with van der Waals surface area (Å²) in [6.45, 7) is 0.173. The molecule has 2 heterocycles. The first-order chi connectivity index (χ1) is 17.5. The van der Waals surface area contributed by atoms with Crippen LogP contribution in [0.5, 0.6) is 0 Å². The molecule has 4 aliphatic rings. The summed E-state index contributed by atoms with van der Waals surface area (Å²) in [5, 5.41) is 35.9. The largest absolute Gasteiger partial charge is 0.467 e. The van der Waals surface area contributed by atoms with E-state index in [-0.39, 0.29) is 50.0 Å². The Hall–Kier alpha value is -2.27. The quantitative estimate of drug-likeness (QED) is 0.358. The number of furan rings is 1. The van der Waals surface area contributed by atoms with Gasteiger partial charge in [0, 0.05) is 24.3 Å². The lowest BCUT2D eigenvalue weighted by molar-refractivity contribution is -0.145. The number of carbonyl (C=O) groups excluding carboxylic acids is 2. The van der Waals surface area contributed by atoms with Gasteiger partial charge in [-0.05, 0) is 37.8 Å². The van der Waals surface area contributed by atoms with Gasteiger partial charge in [-0.3, -0.25) is 14.5 Å². The van der Waals surface area contributed by atoms with E-state index in [2.05, 4.69) is 5.16 Å². The molecule has 0 bridgehead atoms. The number of nitrogens with zero attached hydrogens (tertiary/aromatic N) is 2. The number of amides is 2. The highest BCUT2D eigenvalue weighted by Crippen LogP contribution is 2.50. The SMILES string of the molecule is O=C1[C@H]2[C@H]3[C@H](O)[C@H](O)C/C(=N/OC[C@@H](O)COCc4ccco4)[C@H]3CC[C@@H]2C(=O)N1C1CCCCC1. The summed E-state index contributed by atoms with van der Waals surface area (Å²) in [5.74, 6) is -1.60. The maximum absolute atomic E-state index is 13.5. The molecule has 2 amide bonds. The first-order valence-corrected chi connectivity index (χ1v) is 13.2. The molecule has 1 aliphatic heterocycles. The second kappa shape index (κ2) is 11.0. The van der Waals surface area contributed by atoms with Crippen LogP contribution in [0.1, 0.15) is 57.1 Å². The van der Waals surface area contributed by atoms with Crippen LogP contribution in [-0.2, 0) is 25.8 Å². The van der Waals surface area contributed by atoms with Gasteiger partial charge in [0.2, 0.25) is 11.8 Å². The summed E-state index contributed by atoms with van der Waals surface area (Å²) in [5.41, 5.74) is 0.566. The van der Waals surface area contributed by atoms with Crippen molar-refractivity contribution in [1.82, 2.24) is 4.90 Å². The Labute approximate surface area is 210 Å². The first-order valence-electron chi connectivity index (χ1n) is 13.2. The molecule has 0 spiro atoms. The Kier molecular flexibility index (Phi) is 7.76. The van der Waals surface area contributed by atoms with E-state index in [9.17, 15) is 24.9 Å². The average Bonchev–Trinajstić information content (AvgIpc) is 3.48. The molecule has 10 heteroatoms. The second-order valence-corrected chi connectivity index (χ2v) is 10.6. The highest BCUT2D eigenvalue weighted by Gasteiger charge is 2.60. The van der Waals surface area contributed by atoms with Crippen molar-refractivity contribution in [2.45, 2.75) is 82.3 Å². The number of ether oxygens (including phenoxy) is 1. The normalized spacial score (nSPS) is 35.1. The number of likely N-dealkylation sites (tertiary alicyclic amines) is 1. The van der Waals surface area contributed by atoms with Crippen molar-refractivity contribution >= 4 is 17.5 Å². The Morgan fingerprint density at radius 3 is 2.58 bits per heavy atom. The van der Waals surface area contributed by atoms with E-state index in [1.165, 1.54) is 4.90 Å². The van der Waals surface area contributed by atoms with Crippen LogP contribution < -0.4 is 0 Å². The van der Waals surface area contributed by atoms with Gasteiger partial charge >= 0.3 is 0 Å². The molecule has 7 atom stereocenters. The highest BCUT2D eigenvalue weighted by molar-refractivity contribution is 6.06. The van der Waals surface area contributed by atoms with Crippen molar-refractivity contribution in [2.24, 2.45) is 28.8 Å². The summed E-state index contributed by atoms with van der Waals surface area (Å²) < 4.78 is 10.6. The molecule has 4 fully saturated rings. The van der Waals surface area contributed by atoms with Crippen molar-refractivity contribution in [3.05, 3.63) is 24.2 Å². The maximum atomic E-state index is 13.5. The van der Waals surface area contributed by atoms with E-state index in [1.54, 1.807) is 18.4 Å². The lowest BCUT2D eigenvalue weighted by Gasteiger charge is -2.45. The third-order valence-electron chi connectivity index (χ3n) is 8.34. The fourth-order valence-electron chi connectivity index (χ4n) is 6.64. The predicted molar refractivity (Wildman–Crippen MR) is 126 cm³/mol. The molecule has 0 unspecified atom stereocenters. The Bertz CT molecular complexity index is 944. The van der Waals surface area contributed by atoms with E-state index < -0.39 is 36.1 Å². The van der Waals surface area contributed by atoms with E-state index in [0.29, 0.717) is 24.3 Å². The van der Waals surface area contributed by atoms with Gasteiger partial charge in [0.05, 0.1) is 42.6 Å². The van der Waals surface area contributed by atoms with Gasteiger partial charge in [-0.1, -0.05) is 24.4 Å². The molecule has 3 N–H and O–H groups in total. The van der Waals surface area contributed by atoms with Crippen LogP contribution >= 0.6 is 0 Å². The summed E-state index contributed by atoms with van der Waals surface area (Å²) in [7, 11) is 0. The minimum absolute atomic E-state index is 0.0380. The van der Waals surface area contributed by atoms with Gasteiger partial charge in [0.1, 0.15) is 25.1 Å². The average molecular weight is 505 g/mol. The van der Waals surface area contributed by atoms with Gasteiger partial charge < -0.3 is 29.3 Å². The van der Waals surface area contributed by atoms with Gasteiger partial charge in [0.25, 0.3) is 0 Å². The molecular weight excluding hydrogens is 468 g/mol. The lowest BCUT2D eigenvalue weighted by Crippen LogP contribution is -2.54. The fraction of sp³-hybridized carbons (Fsp3) is 0.731. The van der Waals surface area contributed by atoms with Gasteiger partial charge in [-0.15, -0.1) is 0 Å². The molecule has 198 valence electrons. The number of imide groups is 1. The summed E-state index contributed by atoms with van der Waals surface area (Å²) in [6, 6.07) is 3.48. The number of aliphatic hydroxyl groups excluding tert-OH is 3. The van der Waals surface area contributed by atoms with Crippen molar-refractivity contribution in [1.29, 1.82) is 0 Å². The molecule has 1 aromatic rings. The number of aliphatic hydroxyl groups is 3. The van der Waals surface area contributed by atoms with Gasteiger partial charge in [0.15, 0.2) is 0 Å². The molecule has 1 aromatic heterocycles. The van der Waals surface area contributed by atoms with Crippen LogP contribution in [0.2, 0.25) is 0 Å². The molecule has 0 aromatic carbocycles. The lowest BCUT2D eigenvalue weighted by atomic mass is 9.60. The number of oxime groups is 1. The molecule has 10 nitrogen and oxygen atoms in total. The fourth-order valence-corrected chi connectivity index (χ4v) is 6.64. The third kappa shape index (κ3) is 4.96. The first kappa shape index (κ1) is 25.4. The summed E-state index contributed by atoms with van der Waals surface area (Å²) in [4.78, 5) is 33.7. The molecule has 36 heavy (non-hydrogen) atoms. The molecule has 3 saturated carbocycles. The summed E-state index contributed by atoms with van der Waals surface area (Å²) in [6.07, 6.45) is 4.52. The zero-order valence-corrected chi connectivity index (χ0v) is 20.4. The van der Waals surface area contributed by atoms with E-state index in [0.717, 1.165) is 32.1 Å². The summed E-state index contributed by atoms with van der Waals surface area (Å²) >= 11 is 0. The van der Waals surface area contributed by atoms with Crippen LogP contribution in [0.15, 0.2) is 28.0 Å².